The predicted octanol–water partition coefficient (Wildman–Crippen LogP) is 4.36. The van der Waals surface area contributed by atoms with Gasteiger partial charge in [-0.25, -0.2) is 9.97 Å². The third kappa shape index (κ3) is 2.17. The Hall–Kier alpha value is -1.65. The smallest absolute Gasteiger partial charge is 0.172 e. The normalized spacial score (nSPS) is 10.9. The first-order chi connectivity index (χ1) is 9.19. The van der Waals surface area contributed by atoms with Gasteiger partial charge in [0.15, 0.2) is 5.82 Å². The van der Waals surface area contributed by atoms with Gasteiger partial charge in [-0.3, -0.25) is 0 Å². The zero-order valence-corrected chi connectivity index (χ0v) is 12.1. The van der Waals surface area contributed by atoms with E-state index in [2.05, 4.69) is 33.7 Å². The highest BCUT2D eigenvalue weighted by atomic mass is 35.5. The van der Waals surface area contributed by atoms with Crippen molar-refractivity contribution in [1.29, 1.82) is 0 Å². The molecule has 0 radical (unpaired) electrons. The topological polar surface area (TPSA) is 37.8 Å². The molecular formula is C14H12ClN3S. The monoisotopic (exact) mass is 289 g/mol. The molecule has 0 aliphatic carbocycles. The van der Waals surface area contributed by atoms with Crippen molar-refractivity contribution in [2.24, 2.45) is 0 Å². The first kappa shape index (κ1) is 12.4. The molecule has 3 nitrogen and oxygen atoms in total. The highest BCUT2D eigenvalue weighted by molar-refractivity contribution is 7.13. The fourth-order valence-corrected chi connectivity index (χ4v) is 3.02. The summed E-state index contributed by atoms with van der Waals surface area (Å²) in [6, 6.07) is 7.73. The van der Waals surface area contributed by atoms with Crippen molar-refractivity contribution in [3.63, 3.8) is 0 Å². The highest BCUT2D eigenvalue weighted by Gasteiger charge is 2.11. The number of thiophene rings is 1. The van der Waals surface area contributed by atoms with Crippen LogP contribution in [0.3, 0.4) is 0 Å². The standard InChI is InChI=1S/C14H12ClN3S/c1-8-5-6-19-12(8)14-17-11-7-9(15)3-4-10(11)13(16-2)18-14/h3-7H,1-2H3,(H,16,17,18). The van der Waals surface area contributed by atoms with E-state index in [1.807, 2.05) is 25.2 Å². The SMILES string of the molecule is CNc1nc(-c2sccc2C)nc2cc(Cl)ccc12. The van der Waals surface area contributed by atoms with Crippen LogP contribution in [0.4, 0.5) is 5.82 Å². The molecule has 5 heteroatoms. The summed E-state index contributed by atoms with van der Waals surface area (Å²) in [4.78, 5) is 10.3. The molecule has 3 aromatic rings. The van der Waals surface area contributed by atoms with Crippen LogP contribution in [-0.2, 0) is 0 Å². The lowest BCUT2D eigenvalue weighted by molar-refractivity contribution is 1.22. The van der Waals surface area contributed by atoms with Gasteiger partial charge >= 0.3 is 0 Å². The van der Waals surface area contributed by atoms with Gasteiger partial charge in [-0.2, -0.15) is 0 Å². The molecule has 0 atom stereocenters. The summed E-state index contributed by atoms with van der Waals surface area (Å²) in [7, 11) is 1.86. The first-order valence-electron chi connectivity index (χ1n) is 5.88. The van der Waals surface area contributed by atoms with Gasteiger partial charge in [0.2, 0.25) is 0 Å². The van der Waals surface area contributed by atoms with E-state index in [1.54, 1.807) is 11.3 Å². The zero-order valence-electron chi connectivity index (χ0n) is 10.6. The Morgan fingerprint density at radius 3 is 2.74 bits per heavy atom. The molecule has 0 saturated heterocycles. The minimum atomic E-state index is 0.683. The zero-order chi connectivity index (χ0) is 13.4. The van der Waals surface area contributed by atoms with Gasteiger partial charge in [0, 0.05) is 17.5 Å². The van der Waals surface area contributed by atoms with Crippen LogP contribution < -0.4 is 5.32 Å². The van der Waals surface area contributed by atoms with E-state index < -0.39 is 0 Å². The summed E-state index contributed by atoms with van der Waals surface area (Å²) in [6.07, 6.45) is 0. The number of anilines is 1. The van der Waals surface area contributed by atoms with Crippen molar-refractivity contribution in [1.82, 2.24) is 9.97 Å². The van der Waals surface area contributed by atoms with E-state index in [9.17, 15) is 0 Å². The molecule has 1 N–H and O–H groups in total. The Morgan fingerprint density at radius 1 is 1.21 bits per heavy atom. The van der Waals surface area contributed by atoms with Crippen molar-refractivity contribution < 1.29 is 0 Å². The van der Waals surface area contributed by atoms with Crippen LogP contribution in [0.15, 0.2) is 29.6 Å². The van der Waals surface area contributed by atoms with E-state index in [1.165, 1.54) is 5.56 Å². The molecule has 0 saturated carbocycles. The van der Waals surface area contributed by atoms with E-state index in [-0.39, 0.29) is 0 Å². The average molecular weight is 290 g/mol. The number of rotatable bonds is 2. The van der Waals surface area contributed by atoms with E-state index in [0.29, 0.717) is 5.02 Å². The molecule has 0 unspecified atom stereocenters. The number of aryl methyl sites for hydroxylation is 1. The van der Waals surface area contributed by atoms with Gasteiger partial charge in [0.1, 0.15) is 5.82 Å². The molecule has 0 amide bonds. The van der Waals surface area contributed by atoms with Crippen molar-refractivity contribution in [3.8, 4) is 10.7 Å². The van der Waals surface area contributed by atoms with Crippen molar-refractivity contribution in [3.05, 3.63) is 40.2 Å². The van der Waals surface area contributed by atoms with Crippen LogP contribution in [-0.4, -0.2) is 17.0 Å². The maximum atomic E-state index is 6.04. The first-order valence-corrected chi connectivity index (χ1v) is 7.14. The Balaban J connectivity index is 2.30. The minimum Gasteiger partial charge on any atom is -0.373 e. The van der Waals surface area contributed by atoms with Crippen molar-refractivity contribution in [2.45, 2.75) is 6.92 Å². The lowest BCUT2D eigenvalue weighted by Crippen LogP contribution is -1.98. The van der Waals surface area contributed by atoms with Crippen LogP contribution in [0.25, 0.3) is 21.6 Å². The summed E-state index contributed by atoms with van der Waals surface area (Å²) in [5, 5.41) is 6.83. The molecule has 0 fully saturated rings. The lowest BCUT2D eigenvalue weighted by atomic mass is 10.2. The Morgan fingerprint density at radius 2 is 2.05 bits per heavy atom. The molecule has 0 aliphatic heterocycles. The molecule has 96 valence electrons. The molecule has 2 heterocycles. The number of fused-ring (bicyclic) bond motifs is 1. The number of hydrogen-bond donors (Lipinski definition) is 1. The molecule has 0 aliphatic rings. The maximum Gasteiger partial charge on any atom is 0.172 e. The Bertz CT molecular complexity index is 752. The summed E-state index contributed by atoms with van der Waals surface area (Å²) in [5.74, 6) is 1.57. The second-order valence-corrected chi connectivity index (χ2v) is 5.59. The van der Waals surface area contributed by atoms with Crippen molar-refractivity contribution in [2.75, 3.05) is 12.4 Å². The number of aromatic nitrogens is 2. The van der Waals surface area contributed by atoms with E-state index in [4.69, 9.17) is 11.6 Å². The molecule has 0 spiro atoms. The summed E-state index contributed by atoms with van der Waals surface area (Å²) in [6.45, 7) is 2.07. The quantitative estimate of drug-likeness (QED) is 0.761. The van der Waals surface area contributed by atoms with Gasteiger partial charge in [0.05, 0.1) is 10.4 Å². The van der Waals surface area contributed by atoms with Gasteiger partial charge in [-0.15, -0.1) is 11.3 Å². The third-order valence-corrected chi connectivity index (χ3v) is 4.21. The number of halogens is 1. The average Bonchev–Trinajstić information content (AvgIpc) is 2.83. The maximum absolute atomic E-state index is 6.04. The van der Waals surface area contributed by atoms with Crippen molar-refractivity contribution >= 4 is 39.7 Å². The summed E-state index contributed by atoms with van der Waals surface area (Å²) >= 11 is 7.69. The third-order valence-electron chi connectivity index (χ3n) is 2.96. The number of benzene rings is 1. The van der Waals surface area contributed by atoms with E-state index in [0.717, 1.165) is 27.4 Å². The number of nitrogens with zero attached hydrogens (tertiary/aromatic N) is 2. The van der Waals surface area contributed by atoms with Crippen LogP contribution in [0.5, 0.6) is 0 Å². The number of hydrogen-bond acceptors (Lipinski definition) is 4. The number of nitrogens with one attached hydrogen (secondary N) is 1. The van der Waals surface area contributed by atoms with Crippen LogP contribution in [0.2, 0.25) is 5.02 Å². The molecule has 19 heavy (non-hydrogen) atoms. The molecule has 1 aromatic carbocycles. The Kier molecular flexibility index (Phi) is 3.12. The van der Waals surface area contributed by atoms with Crippen LogP contribution in [0, 0.1) is 6.92 Å². The molecule has 2 aromatic heterocycles. The van der Waals surface area contributed by atoms with Crippen LogP contribution in [0.1, 0.15) is 5.56 Å². The van der Waals surface area contributed by atoms with Gasteiger partial charge < -0.3 is 5.32 Å². The second-order valence-electron chi connectivity index (χ2n) is 4.24. The van der Waals surface area contributed by atoms with Gasteiger partial charge in [0.25, 0.3) is 0 Å². The minimum absolute atomic E-state index is 0.683. The molecule has 0 bridgehead atoms. The lowest BCUT2D eigenvalue weighted by Gasteiger charge is -2.08. The fourth-order valence-electron chi connectivity index (χ4n) is 2.00. The second kappa shape index (κ2) is 4.79. The highest BCUT2D eigenvalue weighted by Crippen LogP contribution is 2.30. The van der Waals surface area contributed by atoms with E-state index >= 15 is 0 Å². The summed E-state index contributed by atoms with van der Waals surface area (Å²) < 4.78 is 0. The summed E-state index contributed by atoms with van der Waals surface area (Å²) in [5.41, 5.74) is 2.04. The predicted molar refractivity (Wildman–Crippen MR) is 82.1 cm³/mol. The van der Waals surface area contributed by atoms with Crippen LogP contribution >= 0.6 is 22.9 Å². The molecular weight excluding hydrogens is 278 g/mol. The fraction of sp³-hybridized carbons (Fsp3) is 0.143. The largest absolute Gasteiger partial charge is 0.373 e. The Labute approximate surface area is 120 Å². The van der Waals surface area contributed by atoms with Gasteiger partial charge in [-0.1, -0.05) is 11.6 Å². The van der Waals surface area contributed by atoms with Gasteiger partial charge in [-0.05, 0) is 42.1 Å². The molecule has 3 rings (SSSR count).